The van der Waals surface area contributed by atoms with Crippen LogP contribution in [0.2, 0.25) is 10.0 Å². The Balaban J connectivity index is 1.93. The van der Waals surface area contributed by atoms with Gasteiger partial charge in [-0.15, -0.1) is 0 Å². The van der Waals surface area contributed by atoms with Crippen molar-refractivity contribution in [2.75, 3.05) is 5.32 Å². The summed E-state index contributed by atoms with van der Waals surface area (Å²) in [5.41, 5.74) is 1.62. The van der Waals surface area contributed by atoms with Crippen molar-refractivity contribution in [3.8, 4) is 0 Å². The van der Waals surface area contributed by atoms with E-state index in [9.17, 15) is 17.6 Å². The molecule has 5 nitrogen and oxygen atoms in total. The molecule has 3 aromatic carbocycles. The highest BCUT2D eigenvalue weighted by molar-refractivity contribution is 7.89. The van der Waals surface area contributed by atoms with Gasteiger partial charge in [-0.25, -0.2) is 12.8 Å². The van der Waals surface area contributed by atoms with Crippen LogP contribution in [0.4, 0.5) is 10.1 Å². The van der Waals surface area contributed by atoms with Crippen LogP contribution in [0.15, 0.2) is 71.6 Å². The molecule has 0 spiro atoms. The van der Waals surface area contributed by atoms with Crippen molar-refractivity contribution in [2.45, 2.75) is 24.3 Å². The minimum absolute atomic E-state index is 0.0308. The van der Waals surface area contributed by atoms with Crippen LogP contribution in [0.5, 0.6) is 0 Å². The highest BCUT2D eigenvalue weighted by Gasteiger charge is 2.28. The van der Waals surface area contributed by atoms with Crippen molar-refractivity contribution >= 4 is 44.8 Å². The molecule has 3 rings (SSSR count). The summed E-state index contributed by atoms with van der Waals surface area (Å²) in [5.74, 6) is -1.16. The normalized spacial score (nSPS) is 12.4. The number of amides is 1. The van der Waals surface area contributed by atoms with Crippen LogP contribution in [0.3, 0.4) is 0 Å². The van der Waals surface area contributed by atoms with E-state index in [0.29, 0.717) is 5.56 Å². The minimum Gasteiger partial charge on any atom is -0.324 e. The number of carbonyl (C=O) groups is 1. The van der Waals surface area contributed by atoms with Crippen LogP contribution in [-0.2, 0) is 21.2 Å². The maximum Gasteiger partial charge on any atom is 0.242 e. The summed E-state index contributed by atoms with van der Waals surface area (Å²) in [4.78, 5) is 12.8. The van der Waals surface area contributed by atoms with Gasteiger partial charge in [0.2, 0.25) is 15.9 Å². The van der Waals surface area contributed by atoms with E-state index >= 15 is 0 Å². The molecule has 2 N–H and O–H groups in total. The number of sulfonamides is 1. The van der Waals surface area contributed by atoms with Crippen molar-refractivity contribution in [3.63, 3.8) is 0 Å². The van der Waals surface area contributed by atoms with Gasteiger partial charge >= 0.3 is 0 Å². The molecule has 1 atom stereocenters. The van der Waals surface area contributed by atoms with Gasteiger partial charge in [-0.05, 0) is 54.8 Å². The van der Waals surface area contributed by atoms with Gasteiger partial charge in [0.1, 0.15) is 16.8 Å². The summed E-state index contributed by atoms with van der Waals surface area (Å²) in [6.07, 6.45) is 0.0679. The van der Waals surface area contributed by atoms with Crippen LogP contribution >= 0.6 is 23.2 Å². The molecule has 0 aliphatic heterocycles. The molecule has 0 fully saturated rings. The van der Waals surface area contributed by atoms with Crippen molar-refractivity contribution < 1.29 is 17.6 Å². The van der Waals surface area contributed by atoms with Gasteiger partial charge in [-0.3, -0.25) is 4.79 Å². The quantitative estimate of drug-likeness (QED) is 0.501. The average Bonchev–Trinajstić information content (AvgIpc) is 2.72. The van der Waals surface area contributed by atoms with Crippen molar-refractivity contribution in [2.24, 2.45) is 0 Å². The molecule has 3 aromatic rings. The third-order valence-electron chi connectivity index (χ3n) is 4.54. The Hall–Kier alpha value is -2.45. The molecule has 31 heavy (non-hydrogen) atoms. The molecule has 0 aromatic heterocycles. The Labute approximate surface area is 190 Å². The van der Waals surface area contributed by atoms with Crippen LogP contribution in [0, 0.1) is 12.7 Å². The lowest BCUT2D eigenvalue weighted by atomic mass is 10.1. The van der Waals surface area contributed by atoms with Gasteiger partial charge in [0.05, 0.1) is 5.02 Å². The number of hydrogen-bond donors (Lipinski definition) is 2. The predicted molar refractivity (Wildman–Crippen MR) is 120 cm³/mol. The first-order valence-electron chi connectivity index (χ1n) is 9.24. The minimum atomic E-state index is -4.19. The van der Waals surface area contributed by atoms with Crippen molar-refractivity contribution in [1.82, 2.24) is 4.72 Å². The fourth-order valence-electron chi connectivity index (χ4n) is 2.92. The third-order valence-corrected chi connectivity index (χ3v) is 6.73. The van der Waals surface area contributed by atoms with E-state index in [1.807, 2.05) is 6.07 Å². The van der Waals surface area contributed by atoms with E-state index in [-0.39, 0.29) is 27.0 Å². The molecule has 0 aliphatic rings. The second kappa shape index (κ2) is 9.78. The molecule has 9 heteroatoms. The van der Waals surface area contributed by atoms with Crippen LogP contribution in [-0.4, -0.2) is 20.4 Å². The number of anilines is 1. The SMILES string of the molecule is Cc1ccc(F)cc1NC(=O)[C@H](Cc1ccccc1)NS(=O)(=O)c1cc(Cl)ccc1Cl. The first-order valence-corrected chi connectivity index (χ1v) is 11.5. The Morgan fingerprint density at radius 2 is 1.74 bits per heavy atom. The number of carbonyl (C=O) groups excluding carboxylic acids is 1. The Bertz CT molecular complexity index is 1200. The van der Waals surface area contributed by atoms with Gasteiger partial charge in [-0.1, -0.05) is 59.6 Å². The summed E-state index contributed by atoms with van der Waals surface area (Å²) in [7, 11) is -4.19. The maximum atomic E-state index is 13.6. The van der Waals surface area contributed by atoms with E-state index in [1.54, 1.807) is 31.2 Å². The summed E-state index contributed by atoms with van der Waals surface area (Å²) >= 11 is 12.0. The van der Waals surface area contributed by atoms with Gasteiger partial charge < -0.3 is 5.32 Å². The van der Waals surface area contributed by atoms with Gasteiger partial charge in [0, 0.05) is 10.7 Å². The topological polar surface area (TPSA) is 75.3 Å². The lowest BCUT2D eigenvalue weighted by Crippen LogP contribution is -2.45. The zero-order valence-corrected chi connectivity index (χ0v) is 18.7. The number of benzene rings is 3. The summed E-state index contributed by atoms with van der Waals surface area (Å²) in [6.45, 7) is 1.71. The van der Waals surface area contributed by atoms with Gasteiger partial charge in [-0.2, -0.15) is 4.72 Å². The molecule has 0 radical (unpaired) electrons. The first kappa shape index (κ1) is 23.2. The third kappa shape index (κ3) is 6.04. The smallest absolute Gasteiger partial charge is 0.242 e. The molecular weight excluding hydrogens is 462 g/mol. The first-order chi connectivity index (χ1) is 14.7. The van der Waals surface area contributed by atoms with E-state index in [2.05, 4.69) is 10.0 Å². The lowest BCUT2D eigenvalue weighted by molar-refractivity contribution is -0.117. The van der Waals surface area contributed by atoms with Gasteiger partial charge in [0.15, 0.2) is 0 Å². The average molecular weight is 481 g/mol. The largest absolute Gasteiger partial charge is 0.324 e. The number of rotatable bonds is 7. The van der Waals surface area contributed by atoms with E-state index in [4.69, 9.17) is 23.2 Å². The van der Waals surface area contributed by atoms with Crippen molar-refractivity contribution in [3.05, 3.63) is 93.7 Å². The molecular formula is C22H19Cl2FN2O3S. The van der Waals surface area contributed by atoms with E-state index in [1.165, 1.54) is 36.4 Å². The number of nitrogens with one attached hydrogen (secondary N) is 2. The van der Waals surface area contributed by atoms with Crippen LogP contribution < -0.4 is 10.0 Å². The van der Waals surface area contributed by atoms with Crippen LogP contribution in [0.1, 0.15) is 11.1 Å². The molecule has 1 amide bonds. The molecule has 162 valence electrons. The van der Waals surface area contributed by atoms with Crippen molar-refractivity contribution in [1.29, 1.82) is 0 Å². The van der Waals surface area contributed by atoms with E-state index in [0.717, 1.165) is 5.56 Å². The molecule has 0 heterocycles. The molecule has 0 aliphatic carbocycles. The van der Waals surface area contributed by atoms with Gasteiger partial charge in [0.25, 0.3) is 0 Å². The highest BCUT2D eigenvalue weighted by atomic mass is 35.5. The second-order valence-electron chi connectivity index (χ2n) is 6.89. The zero-order chi connectivity index (χ0) is 22.6. The zero-order valence-electron chi connectivity index (χ0n) is 16.4. The number of halogens is 3. The highest BCUT2D eigenvalue weighted by Crippen LogP contribution is 2.25. The summed E-state index contributed by atoms with van der Waals surface area (Å²) in [5, 5.41) is 2.76. The predicted octanol–water partition coefficient (Wildman–Crippen LogP) is 4.97. The summed E-state index contributed by atoms with van der Waals surface area (Å²) in [6, 6.07) is 15.7. The standard InChI is InChI=1S/C22H19Cl2FN2O3S/c1-14-7-9-17(25)13-19(14)26-22(28)20(11-15-5-3-2-4-6-15)27-31(29,30)21-12-16(23)8-10-18(21)24/h2-10,12-13,20,27H,11H2,1H3,(H,26,28)/t20-/m0/s1. The molecule has 0 unspecified atom stereocenters. The number of hydrogen-bond acceptors (Lipinski definition) is 3. The Morgan fingerprint density at radius 3 is 2.45 bits per heavy atom. The molecule has 0 saturated heterocycles. The lowest BCUT2D eigenvalue weighted by Gasteiger charge is -2.20. The van der Waals surface area contributed by atoms with E-state index < -0.39 is 27.8 Å². The Kier molecular flexibility index (Phi) is 7.33. The number of aryl methyl sites for hydroxylation is 1. The Morgan fingerprint density at radius 1 is 1.03 bits per heavy atom. The molecule has 0 bridgehead atoms. The second-order valence-corrected chi connectivity index (χ2v) is 9.41. The molecule has 0 saturated carbocycles. The fraction of sp³-hybridized carbons (Fsp3) is 0.136. The fourth-order valence-corrected chi connectivity index (χ4v) is 4.88. The monoisotopic (exact) mass is 480 g/mol. The maximum absolute atomic E-state index is 13.6. The van der Waals surface area contributed by atoms with Crippen LogP contribution in [0.25, 0.3) is 0 Å². The summed E-state index contributed by atoms with van der Waals surface area (Å²) < 4.78 is 42.0.